The minimum Gasteiger partial charge on any atom is -0.490 e. The first-order valence-corrected chi connectivity index (χ1v) is 11.4. The Morgan fingerprint density at radius 1 is 1.12 bits per heavy atom. The highest BCUT2D eigenvalue weighted by molar-refractivity contribution is 9.10. The molecule has 0 aliphatic carbocycles. The largest absolute Gasteiger partial charge is 0.573 e. The molecule has 0 N–H and O–H groups in total. The Hall–Kier alpha value is -3.19. The summed E-state index contributed by atoms with van der Waals surface area (Å²) in [6.07, 6.45) is -3.65. The minimum atomic E-state index is -4.74. The van der Waals surface area contributed by atoms with Gasteiger partial charge in [-0.15, -0.1) is 13.2 Å². The van der Waals surface area contributed by atoms with Crippen LogP contribution in [0.1, 0.15) is 24.0 Å². The van der Waals surface area contributed by atoms with Gasteiger partial charge in [0.2, 0.25) is 0 Å². The second-order valence-electron chi connectivity index (χ2n) is 8.17. The van der Waals surface area contributed by atoms with Crippen LogP contribution in [0.25, 0.3) is 10.9 Å². The van der Waals surface area contributed by atoms with Gasteiger partial charge in [-0.25, -0.2) is 0 Å². The van der Waals surface area contributed by atoms with Crippen LogP contribution in [-0.2, 0) is 7.05 Å². The van der Waals surface area contributed by atoms with E-state index in [-0.39, 0.29) is 23.0 Å². The Kier molecular flexibility index (Phi) is 6.49. The SMILES string of the molecule is Cc1cc(Br)c2c(c1)c(N1CCC(Oc3ccc(OC(F)(F)F)cc3)CC1)c(C#N)c(=O)n2C. The van der Waals surface area contributed by atoms with Crippen molar-refractivity contribution in [2.45, 2.75) is 32.2 Å². The van der Waals surface area contributed by atoms with E-state index < -0.39 is 6.36 Å². The summed E-state index contributed by atoms with van der Waals surface area (Å²) in [6, 6.07) is 11.3. The van der Waals surface area contributed by atoms with Crippen molar-refractivity contribution in [1.29, 1.82) is 5.26 Å². The van der Waals surface area contributed by atoms with Crippen molar-refractivity contribution < 1.29 is 22.6 Å². The molecule has 0 saturated carbocycles. The summed E-state index contributed by atoms with van der Waals surface area (Å²) >= 11 is 3.55. The minimum absolute atomic E-state index is 0.104. The third kappa shape index (κ3) is 4.85. The van der Waals surface area contributed by atoms with Crippen LogP contribution < -0.4 is 19.9 Å². The zero-order valence-electron chi connectivity index (χ0n) is 18.4. The normalized spacial score (nSPS) is 14.8. The Bertz CT molecular complexity index is 1320. The molecular formula is C24H21BrF3N3O3. The molecule has 178 valence electrons. The number of ether oxygens (including phenoxy) is 2. The zero-order valence-corrected chi connectivity index (χ0v) is 20.0. The van der Waals surface area contributed by atoms with Crippen LogP contribution in [0.2, 0.25) is 0 Å². The number of alkyl halides is 3. The van der Waals surface area contributed by atoms with Gasteiger partial charge in [0, 0.05) is 42.8 Å². The van der Waals surface area contributed by atoms with E-state index in [9.17, 15) is 23.2 Å². The highest BCUT2D eigenvalue weighted by Crippen LogP contribution is 2.35. The number of anilines is 1. The molecule has 4 rings (SSSR count). The van der Waals surface area contributed by atoms with Gasteiger partial charge in [0.05, 0.1) is 11.2 Å². The third-order valence-electron chi connectivity index (χ3n) is 5.78. The van der Waals surface area contributed by atoms with Gasteiger partial charge in [-0.05, 0) is 64.8 Å². The van der Waals surface area contributed by atoms with Crippen molar-refractivity contribution in [2.24, 2.45) is 7.05 Å². The van der Waals surface area contributed by atoms with Crippen molar-refractivity contribution in [3.63, 3.8) is 0 Å². The van der Waals surface area contributed by atoms with E-state index in [2.05, 4.69) is 26.7 Å². The molecule has 0 bridgehead atoms. The maximum absolute atomic E-state index is 12.9. The molecule has 1 saturated heterocycles. The maximum Gasteiger partial charge on any atom is 0.573 e. The van der Waals surface area contributed by atoms with Crippen molar-refractivity contribution in [3.05, 3.63) is 62.4 Å². The lowest BCUT2D eigenvalue weighted by atomic mass is 10.0. The van der Waals surface area contributed by atoms with Crippen molar-refractivity contribution in [3.8, 4) is 17.6 Å². The summed E-state index contributed by atoms with van der Waals surface area (Å²) in [6.45, 7) is 3.07. The topological polar surface area (TPSA) is 67.5 Å². The van der Waals surface area contributed by atoms with E-state index in [1.807, 2.05) is 24.0 Å². The number of piperidine rings is 1. The fourth-order valence-electron chi connectivity index (χ4n) is 4.30. The summed E-state index contributed by atoms with van der Waals surface area (Å²) in [5.41, 5.74) is 2.10. The summed E-state index contributed by atoms with van der Waals surface area (Å²) in [5.74, 6) is 0.141. The second-order valence-corrected chi connectivity index (χ2v) is 9.02. The lowest BCUT2D eigenvalue weighted by Crippen LogP contribution is -2.40. The molecule has 1 aromatic heterocycles. The van der Waals surface area contributed by atoms with Crippen LogP contribution in [0.4, 0.5) is 18.9 Å². The van der Waals surface area contributed by atoms with Crippen LogP contribution in [0.3, 0.4) is 0 Å². The molecule has 1 aliphatic rings. The van der Waals surface area contributed by atoms with E-state index in [0.29, 0.717) is 37.4 Å². The van der Waals surface area contributed by atoms with Crippen LogP contribution in [0, 0.1) is 18.3 Å². The lowest BCUT2D eigenvalue weighted by molar-refractivity contribution is -0.274. The zero-order chi connectivity index (χ0) is 24.6. The molecule has 34 heavy (non-hydrogen) atoms. The summed E-state index contributed by atoms with van der Waals surface area (Å²) in [4.78, 5) is 15.0. The van der Waals surface area contributed by atoms with Crippen LogP contribution in [0.5, 0.6) is 11.5 Å². The van der Waals surface area contributed by atoms with E-state index in [1.54, 1.807) is 7.05 Å². The monoisotopic (exact) mass is 535 g/mol. The number of aryl methyl sites for hydroxylation is 2. The Balaban J connectivity index is 1.55. The number of pyridine rings is 1. The highest BCUT2D eigenvalue weighted by atomic mass is 79.9. The van der Waals surface area contributed by atoms with Gasteiger partial charge < -0.3 is 18.9 Å². The molecule has 6 nitrogen and oxygen atoms in total. The number of halogens is 4. The van der Waals surface area contributed by atoms with Crippen molar-refractivity contribution >= 4 is 32.5 Å². The van der Waals surface area contributed by atoms with Gasteiger partial charge in [-0.3, -0.25) is 4.79 Å². The van der Waals surface area contributed by atoms with E-state index in [4.69, 9.17) is 4.74 Å². The fraction of sp³-hybridized carbons (Fsp3) is 0.333. The molecule has 2 aromatic carbocycles. The first kappa shape index (κ1) is 24.0. The number of nitriles is 1. The summed E-state index contributed by atoms with van der Waals surface area (Å²) in [5, 5.41) is 10.6. The van der Waals surface area contributed by atoms with E-state index >= 15 is 0 Å². The van der Waals surface area contributed by atoms with Crippen LogP contribution >= 0.6 is 15.9 Å². The molecule has 0 unspecified atom stereocenters. The average molecular weight is 536 g/mol. The van der Waals surface area contributed by atoms with Crippen LogP contribution in [0.15, 0.2) is 45.7 Å². The number of hydrogen-bond acceptors (Lipinski definition) is 5. The molecule has 3 aromatic rings. The molecule has 0 atom stereocenters. The fourth-order valence-corrected chi connectivity index (χ4v) is 5.14. The number of aromatic nitrogens is 1. The van der Waals surface area contributed by atoms with Gasteiger partial charge >= 0.3 is 6.36 Å². The summed E-state index contributed by atoms with van der Waals surface area (Å²) < 4.78 is 49.1. The van der Waals surface area contributed by atoms with Crippen molar-refractivity contribution in [1.82, 2.24) is 4.57 Å². The van der Waals surface area contributed by atoms with Gasteiger partial charge in [-0.2, -0.15) is 5.26 Å². The molecule has 2 heterocycles. The molecule has 0 amide bonds. The van der Waals surface area contributed by atoms with Gasteiger partial charge in [-0.1, -0.05) is 0 Å². The summed E-state index contributed by atoms with van der Waals surface area (Å²) in [7, 11) is 1.65. The van der Waals surface area contributed by atoms with Gasteiger partial charge in [0.25, 0.3) is 5.56 Å². The smallest absolute Gasteiger partial charge is 0.490 e. The Labute approximate surface area is 202 Å². The van der Waals surface area contributed by atoms with Crippen molar-refractivity contribution in [2.75, 3.05) is 18.0 Å². The first-order chi connectivity index (χ1) is 16.1. The van der Waals surface area contributed by atoms with Crippen LogP contribution in [-0.4, -0.2) is 30.1 Å². The highest BCUT2D eigenvalue weighted by Gasteiger charge is 2.31. The Morgan fingerprint density at radius 2 is 1.74 bits per heavy atom. The molecular weight excluding hydrogens is 515 g/mol. The number of benzene rings is 2. The predicted octanol–water partition coefficient (Wildman–Crippen LogP) is 5.43. The van der Waals surface area contributed by atoms with E-state index in [1.165, 1.54) is 28.8 Å². The standard InChI is InChI=1S/C24H21BrF3N3O3/c1-14-11-18-21(19(13-29)23(32)30(2)22(18)20(25)12-14)31-9-7-16(8-10-31)33-15-3-5-17(6-4-15)34-24(26,27)28/h3-6,11-12,16H,7-10H2,1-2H3. The molecule has 0 radical (unpaired) electrons. The second kappa shape index (κ2) is 9.22. The first-order valence-electron chi connectivity index (χ1n) is 10.6. The molecule has 1 aliphatic heterocycles. The lowest BCUT2D eigenvalue weighted by Gasteiger charge is -2.35. The Morgan fingerprint density at radius 3 is 2.32 bits per heavy atom. The average Bonchev–Trinajstić information content (AvgIpc) is 2.76. The van der Waals surface area contributed by atoms with E-state index in [0.717, 1.165) is 20.9 Å². The number of nitrogens with zero attached hydrogens (tertiary/aromatic N) is 3. The molecule has 0 spiro atoms. The quantitative estimate of drug-likeness (QED) is 0.445. The van der Waals surface area contributed by atoms with Gasteiger partial charge in [0.15, 0.2) is 0 Å². The van der Waals surface area contributed by atoms with Gasteiger partial charge in [0.1, 0.15) is 29.2 Å². The molecule has 1 fully saturated rings. The number of rotatable bonds is 4. The third-order valence-corrected chi connectivity index (χ3v) is 6.39. The maximum atomic E-state index is 12.9. The predicted molar refractivity (Wildman–Crippen MR) is 125 cm³/mol. The molecule has 10 heteroatoms. The number of hydrogen-bond donors (Lipinski definition) is 0. The number of fused-ring (bicyclic) bond motifs is 1.